The second-order valence-electron chi connectivity index (χ2n) is 9.08. The van der Waals surface area contributed by atoms with Gasteiger partial charge in [-0.3, -0.25) is 9.89 Å². The van der Waals surface area contributed by atoms with E-state index in [1.165, 1.54) is 17.5 Å². The molecule has 2 aromatic carbocycles. The van der Waals surface area contributed by atoms with E-state index in [-0.39, 0.29) is 22.4 Å². The zero-order valence-corrected chi connectivity index (χ0v) is 20.3. The number of carbonyl (C=O) groups is 1. The zero-order chi connectivity index (χ0) is 24.5. The molecule has 0 aliphatic heterocycles. The van der Waals surface area contributed by atoms with Gasteiger partial charge in [-0.15, -0.1) is 0 Å². The molecule has 0 amide bonds. The second-order valence-corrected chi connectivity index (χ2v) is 9.99. The van der Waals surface area contributed by atoms with Crippen molar-refractivity contribution < 1.29 is 13.6 Å². The summed E-state index contributed by atoms with van der Waals surface area (Å²) >= 11 is 1.19. The second kappa shape index (κ2) is 9.54. The van der Waals surface area contributed by atoms with Crippen molar-refractivity contribution in [3.63, 3.8) is 0 Å². The summed E-state index contributed by atoms with van der Waals surface area (Å²) in [5.74, 6) is -1.63. The molecule has 8 heteroatoms. The average molecular weight is 481 g/mol. The van der Waals surface area contributed by atoms with Gasteiger partial charge in [-0.1, -0.05) is 63.9 Å². The minimum atomic E-state index is -0.932. The number of hydrogen-bond acceptors (Lipinski definition) is 5. The van der Waals surface area contributed by atoms with E-state index < -0.39 is 17.4 Å². The van der Waals surface area contributed by atoms with E-state index in [4.69, 9.17) is 0 Å². The standard InChI is InChI=1S/C26H26F2N4OS/c1-5-12-34-32-23-20(27)11-10-18(21(23)28)24(33)22-19-13-16(14-29-25(19)31-30-22)15-6-8-17(9-7-15)26(2,3)4/h6-11,13-14,32H,5,12H2,1-4H3,(H,29,30,31). The molecule has 0 saturated carbocycles. The van der Waals surface area contributed by atoms with E-state index in [1.807, 2.05) is 25.1 Å². The number of hydrogen-bond donors (Lipinski definition) is 2. The molecule has 2 aromatic heterocycles. The fraction of sp³-hybridized carbons (Fsp3) is 0.269. The third kappa shape index (κ3) is 4.68. The highest BCUT2D eigenvalue weighted by Gasteiger charge is 2.24. The Morgan fingerprint density at radius 3 is 2.50 bits per heavy atom. The molecule has 0 saturated heterocycles. The molecular formula is C26H26F2N4OS. The van der Waals surface area contributed by atoms with Gasteiger partial charge in [0.2, 0.25) is 5.78 Å². The van der Waals surface area contributed by atoms with Crippen molar-refractivity contribution in [1.82, 2.24) is 15.2 Å². The Labute approximate surface area is 201 Å². The maximum absolute atomic E-state index is 15.1. The van der Waals surface area contributed by atoms with E-state index in [1.54, 1.807) is 6.20 Å². The Morgan fingerprint density at radius 1 is 1.09 bits per heavy atom. The number of nitrogens with one attached hydrogen (secondary N) is 2. The van der Waals surface area contributed by atoms with Gasteiger partial charge >= 0.3 is 0 Å². The number of nitrogens with zero attached hydrogens (tertiary/aromatic N) is 2. The van der Waals surface area contributed by atoms with Crippen molar-refractivity contribution >= 4 is 34.5 Å². The third-order valence-electron chi connectivity index (χ3n) is 5.54. The minimum absolute atomic E-state index is 0.0346. The van der Waals surface area contributed by atoms with E-state index in [2.05, 4.69) is 52.8 Å². The van der Waals surface area contributed by atoms with Gasteiger partial charge in [0.1, 0.15) is 17.2 Å². The lowest BCUT2D eigenvalue weighted by Crippen LogP contribution is -2.10. The molecule has 176 valence electrons. The zero-order valence-electron chi connectivity index (χ0n) is 19.5. The Hall–Kier alpha value is -3.26. The first kappa shape index (κ1) is 23.9. The van der Waals surface area contributed by atoms with Crippen molar-refractivity contribution in [3.8, 4) is 11.1 Å². The predicted octanol–water partition coefficient (Wildman–Crippen LogP) is 6.90. The van der Waals surface area contributed by atoms with Gasteiger partial charge in [0.05, 0.1) is 10.9 Å². The molecule has 2 N–H and O–H groups in total. The van der Waals surface area contributed by atoms with Crippen LogP contribution in [0.3, 0.4) is 0 Å². The lowest BCUT2D eigenvalue weighted by Gasteiger charge is -2.19. The van der Waals surface area contributed by atoms with Crippen LogP contribution in [0.4, 0.5) is 14.5 Å². The maximum Gasteiger partial charge on any atom is 0.214 e. The van der Waals surface area contributed by atoms with Crippen LogP contribution in [0, 0.1) is 11.6 Å². The molecule has 5 nitrogen and oxygen atoms in total. The van der Waals surface area contributed by atoms with Crippen molar-refractivity contribution in [2.24, 2.45) is 0 Å². The first-order valence-corrected chi connectivity index (χ1v) is 12.0. The Kier molecular flexibility index (Phi) is 6.70. The molecular weight excluding hydrogens is 454 g/mol. The Bertz CT molecular complexity index is 1340. The van der Waals surface area contributed by atoms with Gasteiger partial charge in [-0.25, -0.2) is 13.8 Å². The van der Waals surface area contributed by atoms with Gasteiger partial charge < -0.3 is 4.72 Å². The van der Waals surface area contributed by atoms with Crippen LogP contribution in [-0.4, -0.2) is 26.7 Å². The lowest BCUT2D eigenvalue weighted by molar-refractivity contribution is 0.103. The number of H-pyrrole nitrogens is 1. The van der Waals surface area contributed by atoms with Crippen molar-refractivity contribution in [3.05, 3.63) is 77.1 Å². The minimum Gasteiger partial charge on any atom is -0.325 e. The number of rotatable bonds is 7. The van der Waals surface area contributed by atoms with Crippen LogP contribution in [0.25, 0.3) is 22.2 Å². The Balaban J connectivity index is 1.70. The molecule has 0 fully saturated rings. The fourth-order valence-corrected chi connectivity index (χ4v) is 4.21. The smallest absolute Gasteiger partial charge is 0.214 e. The molecule has 0 spiro atoms. The van der Waals surface area contributed by atoms with Gasteiger partial charge in [-0.2, -0.15) is 5.10 Å². The topological polar surface area (TPSA) is 70.7 Å². The van der Waals surface area contributed by atoms with Crippen molar-refractivity contribution in [2.75, 3.05) is 10.5 Å². The maximum atomic E-state index is 15.1. The van der Waals surface area contributed by atoms with E-state index >= 15 is 4.39 Å². The highest BCUT2D eigenvalue weighted by atomic mass is 32.2. The van der Waals surface area contributed by atoms with E-state index in [0.717, 1.165) is 29.7 Å². The number of carbonyl (C=O) groups excluding carboxylic acids is 1. The van der Waals surface area contributed by atoms with Gasteiger partial charge in [0.15, 0.2) is 11.5 Å². The number of halogens is 2. The van der Waals surface area contributed by atoms with Crippen molar-refractivity contribution in [1.29, 1.82) is 0 Å². The number of ketones is 1. The molecule has 0 aliphatic carbocycles. The summed E-state index contributed by atoms with van der Waals surface area (Å²) in [6, 6.07) is 12.2. The number of anilines is 1. The third-order valence-corrected chi connectivity index (χ3v) is 6.50. The first-order valence-electron chi connectivity index (χ1n) is 11.1. The van der Waals surface area contributed by atoms with Crippen molar-refractivity contribution in [2.45, 2.75) is 39.5 Å². The van der Waals surface area contributed by atoms with Crippen LogP contribution >= 0.6 is 11.9 Å². The van der Waals surface area contributed by atoms with Gasteiger partial charge in [0, 0.05) is 17.5 Å². The van der Waals surface area contributed by atoms with Gasteiger partial charge in [-0.05, 0) is 41.2 Å². The Morgan fingerprint density at radius 2 is 1.82 bits per heavy atom. The van der Waals surface area contributed by atoms with Crippen LogP contribution in [0.1, 0.15) is 55.7 Å². The summed E-state index contributed by atoms with van der Waals surface area (Å²) in [6.45, 7) is 8.41. The van der Waals surface area contributed by atoms with E-state index in [9.17, 15) is 9.18 Å². The summed E-state index contributed by atoms with van der Waals surface area (Å²) in [5.41, 5.74) is 2.87. The lowest BCUT2D eigenvalue weighted by atomic mass is 9.86. The fourth-order valence-electron chi connectivity index (χ4n) is 3.57. The highest BCUT2D eigenvalue weighted by molar-refractivity contribution is 8.00. The number of benzene rings is 2. The molecule has 0 aliphatic rings. The molecule has 0 bridgehead atoms. The summed E-state index contributed by atoms with van der Waals surface area (Å²) < 4.78 is 32.0. The molecule has 34 heavy (non-hydrogen) atoms. The molecule has 4 aromatic rings. The number of aromatic nitrogens is 3. The summed E-state index contributed by atoms with van der Waals surface area (Å²) in [5, 5.41) is 7.26. The largest absolute Gasteiger partial charge is 0.325 e. The van der Waals surface area contributed by atoms with Crippen LogP contribution < -0.4 is 4.72 Å². The van der Waals surface area contributed by atoms with Crippen LogP contribution in [0.5, 0.6) is 0 Å². The molecule has 4 rings (SSSR count). The normalized spacial score (nSPS) is 11.7. The van der Waals surface area contributed by atoms with Crippen LogP contribution in [0.15, 0.2) is 48.7 Å². The first-order chi connectivity index (χ1) is 16.2. The molecule has 0 unspecified atom stereocenters. The monoisotopic (exact) mass is 480 g/mol. The van der Waals surface area contributed by atoms with E-state index in [0.29, 0.717) is 16.8 Å². The number of aromatic amines is 1. The van der Waals surface area contributed by atoms with Crippen LogP contribution in [-0.2, 0) is 5.41 Å². The summed E-state index contributed by atoms with van der Waals surface area (Å²) in [7, 11) is 0. The molecule has 0 radical (unpaired) electrons. The van der Waals surface area contributed by atoms with Gasteiger partial charge in [0.25, 0.3) is 0 Å². The quantitative estimate of drug-likeness (QED) is 0.171. The summed E-state index contributed by atoms with van der Waals surface area (Å²) in [4.78, 5) is 17.6. The predicted molar refractivity (Wildman–Crippen MR) is 134 cm³/mol. The molecule has 2 heterocycles. The number of pyridine rings is 1. The highest BCUT2D eigenvalue weighted by Crippen LogP contribution is 2.30. The average Bonchev–Trinajstić information content (AvgIpc) is 3.24. The summed E-state index contributed by atoms with van der Waals surface area (Å²) in [6.07, 6.45) is 2.53. The number of fused-ring (bicyclic) bond motifs is 1. The SMILES string of the molecule is CCCSNc1c(F)ccc(C(=O)c2[nH]nc3ncc(-c4ccc(C(C)(C)C)cc4)cc23)c1F. The molecule has 0 atom stereocenters. The van der Waals surface area contributed by atoms with Crippen LogP contribution in [0.2, 0.25) is 0 Å².